The minimum Gasteiger partial charge on any atom is -0.461 e. The first-order valence-corrected chi connectivity index (χ1v) is 15.8. The second-order valence-corrected chi connectivity index (χ2v) is 13.3. The second kappa shape index (κ2) is 13.4. The van der Waals surface area contributed by atoms with E-state index in [0.717, 1.165) is 51.3 Å². The third-order valence-corrected chi connectivity index (χ3v) is 8.98. The Morgan fingerprint density at radius 1 is 1.09 bits per heavy atom. The molecule has 46 heavy (non-hydrogen) atoms. The number of anilines is 2. The molecule has 3 aromatic heterocycles. The van der Waals surface area contributed by atoms with Crippen molar-refractivity contribution >= 4 is 22.5 Å². The lowest BCUT2D eigenvalue weighted by atomic mass is 9.91. The van der Waals surface area contributed by atoms with Gasteiger partial charge in [-0.05, 0) is 76.6 Å². The van der Waals surface area contributed by atoms with E-state index in [2.05, 4.69) is 56.2 Å². The Balaban J connectivity index is 1.50. The van der Waals surface area contributed by atoms with Crippen LogP contribution in [0.2, 0.25) is 0 Å². The third-order valence-electron chi connectivity index (χ3n) is 8.98. The number of hydrogen-bond donors (Lipinski definition) is 3. The molecule has 4 N–H and O–H groups in total. The van der Waals surface area contributed by atoms with Gasteiger partial charge in [0, 0.05) is 31.9 Å². The van der Waals surface area contributed by atoms with Crippen LogP contribution in [0.15, 0.2) is 12.3 Å². The van der Waals surface area contributed by atoms with Gasteiger partial charge in [0.05, 0.1) is 23.1 Å². The molecule has 2 aliphatic rings. The van der Waals surface area contributed by atoms with Gasteiger partial charge < -0.3 is 25.8 Å². The van der Waals surface area contributed by atoms with Gasteiger partial charge in [-0.3, -0.25) is 9.88 Å². The maximum Gasteiger partial charge on any atom is 0.418 e. The zero-order chi connectivity index (χ0) is 33.3. The summed E-state index contributed by atoms with van der Waals surface area (Å²) in [6.45, 7) is 11.4. The average Bonchev–Trinajstić information content (AvgIpc) is 3.54. The Labute approximate surface area is 266 Å². The molecule has 0 radical (unpaired) electrons. The highest BCUT2D eigenvalue weighted by atomic mass is 19.4. The number of aryl methyl sites for hydroxylation is 1. The molecule has 10 nitrogen and oxygen atoms in total. The Bertz CT molecular complexity index is 1540. The largest absolute Gasteiger partial charge is 0.461 e. The van der Waals surface area contributed by atoms with Crippen molar-refractivity contribution in [3.63, 3.8) is 0 Å². The maximum absolute atomic E-state index is 16.3. The highest BCUT2D eigenvalue weighted by Crippen LogP contribution is 2.41. The molecule has 0 aliphatic carbocycles. The minimum absolute atomic E-state index is 0.0658. The predicted molar refractivity (Wildman–Crippen MR) is 169 cm³/mol. The van der Waals surface area contributed by atoms with E-state index in [1.807, 2.05) is 0 Å². The summed E-state index contributed by atoms with van der Waals surface area (Å²) in [6.07, 6.45) is 1.44. The van der Waals surface area contributed by atoms with Gasteiger partial charge in [-0.2, -0.15) is 23.1 Å². The van der Waals surface area contributed by atoms with Gasteiger partial charge in [0.1, 0.15) is 35.1 Å². The van der Waals surface area contributed by atoms with E-state index < -0.39 is 28.9 Å². The van der Waals surface area contributed by atoms with Crippen LogP contribution < -0.4 is 21.1 Å². The Hall–Kier alpha value is -3.36. The van der Waals surface area contributed by atoms with E-state index in [0.29, 0.717) is 32.2 Å². The smallest absolute Gasteiger partial charge is 0.418 e. The van der Waals surface area contributed by atoms with Crippen LogP contribution in [-0.2, 0) is 10.9 Å². The number of pyridine rings is 2. The molecule has 3 aromatic rings. The topological polar surface area (TPSA) is 123 Å². The summed E-state index contributed by atoms with van der Waals surface area (Å²) in [7, 11) is 1.66. The van der Waals surface area contributed by atoms with Crippen molar-refractivity contribution in [2.24, 2.45) is 5.92 Å². The van der Waals surface area contributed by atoms with Crippen LogP contribution in [0.1, 0.15) is 64.0 Å². The molecule has 252 valence electrons. The summed E-state index contributed by atoms with van der Waals surface area (Å²) in [4.78, 5) is 19.4. The monoisotopic (exact) mass is 648 g/mol. The first kappa shape index (κ1) is 34.0. The number of nitrogens with two attached hydrogens (primary N) is 1. The number of hydrogen-bond acceptors (Lipinski definition) is 10. The second-order valence-electron chi connectivity index (χ2n) is 13.3. The number of aromatic nitrogens is 4. The van der Waals surface area contributed by atoms with Crippen LogP contribution in [-0.4, -0.2) is 82.4 Å². The SMILES string of the molecule is COCC(C)(CC(C)C)NCCNc1nc(OCC23CCCN2CCC3)nc2c(F)c(-c3nc(N)cc(C)c3C(F)(F)F)ncc12. The van der Waals surface area contributed by atoms with Crippen LogP contribution in [0.5, 0.6) is 6.01 Å². The van der Waals surface area contributed by atoms with Crippen molar-refractivity contribution in [1.82, 2.24) is 30.2 Å². The number of rotatable bonds is 13. The molecule has 5 heterocycles. The van der Waals surface area contributed by atoms with Gasteiger partial charge >= 0.3 is 12.2 Å². The molecule has 2 aliphatic heterocycles. The Morgan fingerprint density at radius 2 is 1.80 bits per heavy atom. The normalized spacial score (nSPS) is 17.9. The van der Waals surface area contributed by atoms with Crippen LogP contribution in [0, 0.1) is 18.7 Å². The minimum atomic E-state index is -4.82. The zero-order valence-electron chi connectivity index (χ0n) is 27.2. The number of nitrogens with one attached hydrogen (secondary N) is 2. The third kappa shape index (κ3) is 7.13. The molecule has 0 bridgehead atoms. The summed E-state index contributed by atoms with van der Waals surface area (Å²) in [6, 6.07) is 1.03. The first-order chi connectivity index (χ1) is 21.7. The van der Waals surface area contributed by atoms with E-state index in [-0.39, 0.29) is 45.2 Å². The number of nitrogens with zero attached hydrogens (tertiary/aromatic N) is 5. The number of nitrogen functional groups attached to an aromatic ring is 1. The Kier molecular flexibility index (Phi) is 9.90. The number of fused-ring (bicyclic) bond motifs is 2. The van der Waals surface area contributed by atoms with Gasteiger partial charge in [-0.15, -0.1) is 0 Å². The van der Waals surface area contributed by atoms with Crippen molar-refractivity contribution in [2.45, 2.75) is 77.1 Å². The Morgan fingerprint density at radius 3 is 2.46 bits per heavy atom. The van der Waals surface area contributed by atoms with E-state index in [9.17, 15) is 13.2 Å². The molecule has 1 atom stereocenters. The fourth-order valence-corrected chi connectivity index (χ4v) is 7.23. The van der Waals surface area contributed by atoms with Crippen molar-refractivity contribution in [3.05, 3.63) is 29.2 Å². The zero-order valence-corrected chi connectivity index (χ0v) is 27.2. The summed E-state index contributed by atoms with van der Waals surface area (Å²) >= 11 is 0. The molecular weight excluding hydrogens is 604 g/mol. The first-order valence-electron chi connectivity index (χ1n) is 15.8. The van der Waals surface area contributed by atoms with Crippen LogP contribution in [0.25, 0.3) is 22.3 Å². The number of alkyl halides is 3. The highest BCUT2D eigenvalue weighted by Gasteiger charge is 2.45. The lowest BCUT2D eigenvalue weighted by Crippen LogP contribution is -2.48. The van der Waals surface area contributed by atoms with Crippen molar-refractivity contribution in [1.29, 1.82) is 0 Å². The van der Waals surface area contributed by atoms with Gasteiger partial charge in [0.2, 0.25) is 0 Å². The summed E-state index contributed by atoms with van der Waals surface area (Å²) in [5.74, 6) is -0.545. The molecule has 2 fully saturated rings. The molecule has 0 aromatic carbocycles. The van der Waals surface area contributed by atoms with Crippen LogP contribution in [0.3, 0.4) is 0 Å². The number of halogens is 4. The molecule has 0 saturated carbocycles. The maximum atomic E-state index is 16.3. The molecule has 0 spiro atoms. The van der Waals surface area contributed by atoms with Crippen molar-refractivity contribution in [3.8, 4) is 17.4 Å². The molecule has 14 heteroatoms. The molecule has 2 saturated heterocycles. The predicted octanol–water partition coefficient (Wildman–Crippen LogP) is 5.60. The van der Waals surface area contributed by atoms with E-state index >= 15 is 4.39 Å². The highest BCUT2D eigenvalue weighted by molar-refractivity contribution is 5.91. The van der Waals surface area contributed by atoms with E-state index in [4.69, 9.17) is 15.2 Å². The van der Waals surface area contributed by atoms with Gasteiger partial charge in [-0.25, -0.2) is 9.37 Å². The average molecular weight is 649 g/mol. The quantitative estimate of drug-likeness (QED) is 0.160. The molecule has 0 amide bonds. The van der Waals surface area contributed by atoms with Crippen LogP contribution in [0.4, 0.5) is 29.2 Å². The fraction of sp³-hybridized carbons (Fsp3) is 0.625. The fourth-order valence-electron chi connectivity index (χ4n) is 7.23. The molecular formula is C32H44F4N8O2. The van der Waals surface area contributed by atoms with Crippen molar-refractivity contribution < 1.29 is 27.0 Å². The summed E-state index contributed by atoms with van der Waals surface area (Å²) < 4.78 is 70.3. The summed E-state index contributed by atoms with van der Waals surface area (Å²) in [5.41, 5.74) is 2.60. The summed E-state index contributed by atoms with van der Waals surface area (Å²) in [5, 5.41) is 6.98. The lowest BCUT2D eigenvalue weighted by Gasteiger charge is -2.32. The van der Waals surface area contributed by atoms with E-state index in [1.165, 1.54) is 13.1 Å². The van der Waals surface area contributed by atoms with Crippen LogP contribution >= 0.6 is 0 Å². The van der Waals surface area contributed by atoms with E-state index in [1.54, 1.807) is 7.11 Å². The molecule has 1 unspecified atom stereocenters. The van der Waals surface area contributed by atoms with Gasteiger partial charge in [0.25, 0.3) is 0 Å². The number of methoxy groups -OCH3 is 1. The van der Waals surface area contributed by atoms with Crippen molar-refractivity contribution in [2.75, 3.05) is 57.6 Å². The molecule has 5 rings (SSSR count). The lowest BCUT2D eigenvalue weighted by molar-refractivity contribution is -0.137. The van der Waals surface area contributed by atoms with Gasteiger partial charge in [-0.1, -0.05) is 13.8 Å². The standard InChI is InChI=1S/C32H44F4N8O2/c1-19(2)15-30(4,17-45-5)40-11-10-38-28-21-16-39-27(26-23(32(34,35)36)20(3)14-22(37)41-26)24(33)25(21)42-29(43-28)46-18-31-8-6-12-44(31)13-7-9-31/h14,16,19,40H,6-13,15,17-18H2,1-5H3,(H2,37,41)(H,38,42,43). The number of ether oxygens (including phenoxy) is 2. The van der Waals surface area contributed by atoms with Gasteiger partial charge in [0.15, 0.2) is 5.82 Å².